The Morgan fingerprint density at radius 2 is 2.05 bits per heavy atom. The molecular formula is C14H23NO5. The van der Waals surface area contributed by atoms with Crippen LogP contribution < -0.4 is 5.32 Å². The highest BCUT2D eigenvalue weighted by atomic mass is 16.5. The van der Waals surface area contributed by atoms with E-state index >= 15 is 0 Å². The second kappa shape index (κ2) is 7.87. The van der Waals surface area contributed by atoms with Gasteiger partial charge in [0.15, 0.2) is 0 Å². The first-order valence-electron chi connectivity index (χ1n) is 7.14. The van der Waals surface area contributed by atoms with Crippen LogP contribution in [0, 0.1) is 11.8 Å². The summed E-state index contributed by atoms with van der Waals surface area (Å²) >= 11 is 0. The molecule has 1 fully saturated rings. The summed E-state index contributed by atoms with van der Waals surface area (Å²) in [6.45, 7) is 3.96. The minimum absolute atomic E-state index is 0.00862. The number of carbonyl (C=O) groups excluding carboxylic acids is 2. The summed E-state index contributed by atoms with van der Waals surface area (Å²) in [7, 11) is 0. The molecule has 0 saturated heterocycles. The van der Waals surface area contributed by atoms with E-state index in [4.69, 9.17) is 9.84 Å². The fraction of sp³-hybridized carbons (Fsp3) is 0.786. The molecule has 1 aliphatic carbocycles. The maximum Gasteiger partial charge on any atom is 0.326 e. The molecule has 1 amide bonds. The van der Waals surface area contributed by atoms with Gasteiger partial charge in [-0.2, -0.15) is 0 Å². The van der Waals surface area contributed by atoms with E-state index in [9.17, 15) is 14.4 Å². The van der Waals surface area contributed by atoms with Crippen LogP contribution >= 0.6 is 0 Å². The highest BCUT2D eigenvalue weighted by Crippen LogP contribution is 2.31. The van der Waals surface area contributed by atoms with E-state index in [1.807, 2.05) is 6.92 Å². The molecule has 2 N–H and O–H groups in total. The highest BCUT2D eigenvalue weighted by Gasteiger charge is 2.32. The number of carboxylic acid groups (broad SMARTS) is 1. The molecule has 20 heavy (non-hydrogen) atoms. The molecule has 3 atom stereocenters. The van der Waals surface area contributed by atoms with E-state index < -0.39 is 18.0 Å². The van der Waals surface area contributed by atoms with Crippen LogP contribution in [0.3, 0.4) is 0 Å². The van der Waals surface area contributed by atoms with E-state index in [1.54, 1.807) is 6.92 Å². The zero-order chi connectivity index (χ0) is 15.1. The average Bonchev–Trinajstić information content (AvgIpc) is 2.80. The van der Waals surface area contributed by atoms with Crippen molar-refractivity contribution in [3.8, 4) is 0 Å². The number of carbonyl (C=O) groups is 3. The number of hydrogen-bond donors (Lipinski definition) is 2. The van der Waals surface area contributed by atoms with Gasteiger partial charge in [0.2, 0.25) is 5.91 Å². The number of aliphatic carboxylic acids is 1. The van der Waals surface area contributed by atoms with Crippen LogP contribution in [-0.4, -0.2) is 35.6 Å². The van der Waals surface area contributed by atoms with Crippen molar-refractivity contribution in [2.45, 2.75) is 52.0 Å². The zero-order valence-electron chi connectivity index (χ0n) is 12.1. The van der Waals surface area contributed by atoms with E-state index in [0.717, 1.165) is 19.3 Å². The van der Waals surface area contributed by atoms with E-state index in [2.05, 4.69) is 5.32 Å². The number of esters is 1. The van der Waals surface area contributed by atoms with Gasteiger partial charge >= 0.3 is 11.9 Å². The number of ether oxygens (including phenoxy) is 1. The maximum atomic E-state index is 12.1. The Bertz CT molecular complexity index is 369. The van der Waals surface area contributed by atoms with Crippen molar-refractivity contribution in [2.24, 2.45) is 11.8 Å². The maximum absolute atomic E-state index is 12.1. The van der Waals surface area contributed by atoms with Crippen molar-refractivity contribution in [1.29, 1.82) is 0 Å². The second-order valence-corrected chi connectivity index (χ2v) is 5.26. The molecule has 0 bridgehead atoms. The average molecular weight is 285 g/mol. The van der Waals surface area contributed by atoms with E-state index in [1.165, 1.54) is 0 Å². The van der Waals surface area contributed by atoms with Crippen LogP contribution in [0.15, 0.2) is 0 Å². The molecule has 0 heterocycles. The lowest BCUT2D eigenvalue weighted by molar-refractivity contribution is -0.145. The van der Waals surface area contributed by atoms with Gasteiger partial charge in [0.25, 0.3) is 0 Å². The van der Waals surface area contributed by atoms with Gasteiger partial charge < -0.3 is 15.2 Å². The predicted molar refractivity (Wildman–Crippen MR) is 71.9 cm³/mol. The van der Waals surface area contributed by atoms with Crippen LogP contribution in [0.25, 0.3) is 0 Å². The molecule has 114 valence electrons. The van der Waals surface area contributed by atoms with Gasteiger partial charge in [-0.1, -0.05) is 13.3 Å². The lowest BCUT2D eigenvalue weighted by Gasteiger charge is -2.19. The predicted octanol–water partition coefficient (Wildman–Crippen LogP) is 1.34. The number of amides is 1. The van der Waals surface area contributed by atoms with Gasteiger partial charge in [-0.05, 0) is 32.1 Å². The van der Waals surface area contributed by atoms with Crippen molar-refractivity contribution in [3.05, 3.63) is 0 Å². The molecule has 1 rings (SSSR count). The Kier molecular flexibility index (Phi) is 6.48. The third-order valence-electron chi connectivity index (χ3n) is 3.76. The molecule has 6 heteroatoms. The van der Waals surface area contributed by atoms with Crippen molar-refractivity contribution in [1.82, 2.24) is 5.32 Å². The Morgan fingerprint density at radius 3 is 2.55 bits per heavy atom. The molecule has 1 saturated carbocycles. The van der Waals surface area contributed by atoms with Crippen LogP contribution in [0.1, 0.15) is 46.0 Å². The van der Waals surface area contributed by atoms with Gasteiger partial charge in [0, 0.05) is 12.3 Å². The number of carboxylic acids is 1. The molecule has 0 aromatic heterocycles. The molecule has 0 aliphatic heterocycles. The minimum atomic E-state index is -1.12. The van der Waals surface area contributed by atoms with E-state index in [0.29, 0.717) is 0 Å². The summed E-state index contributed by atoms with van der Waals surface area (Å²) in [6.07, 6.45) is 2.85. The van der Waals surface area contributed by atoms with Gasteiger partial charge in [0.05, 0.1) is 6.61 Å². The molecular weight excluding hydrogens is 262 g/mol. The largest absolute Gasteiger partial charge is 0.480 e. The van der Waals surface area contributed by atoms with Gasteiger partial charge in [-0.3, -0.25) is 9.59 Å². The van der Waals surface area contributed by atoms with Crippen molar-refractivity contribution < 1.29 is 24.2 Å². The summed E-state index contributed by atoms with van der Waals surface area (Å²) in [6, 6.07) is -1.03. The summed E-state index contributed by atoms with van der Waals surface area (Å²) in [5, 5.41) is 11.6. The lowest BCUT2D eigenvalue weighted by atomic mass is 9.96. The topological polar surface area (TPSA) is 92.7 Å². The first-order chi connectivity index (χ1) is 9.45. The summed E-state index contributed by atoms with van der Waals surface area (Å²) < 4.78 is 4.75. The normalized spacial score (nSPS) is 23.1. The third kappa shape index (κ3) is 4.83. The quantitative estimate of drug-likeness (QED) is 0.688. The summed E-state index contributed by atoms with van der Waals surface area (Å²) in [4.78, 5) is 34.4. The molecule has 0 spiro atoms. The Balaban J connectivity index is 2.48. The van der Waals surface area contributed by atoms with Crippen LogP contribution in [0.5, 0.6) is 0 Å². The SMILES string of the molecule is CCOC(=O)CC[C@H](NC(=O)C1CCCC1C)C(=O)O. The Labute approximate surface area is 118 Å². The molecule has 1 aliphatic rings. The summed E-state index contributed by atoms with van der Waals surface area (Å²) in [5.74, 6) is -1.60. The van der Waals surface area contributed by atoms with Crippen LogP contribution in [0.4, 0.5) is 0 Å². The third-order valence-corrected chi connectivity index (χ3v) is 3.76. The molecule has 0 aromatic rings. The van der Waals surface area contributed by atoms with Crippen molar-refractivity contribution in [3.63, 3.8) is 0 Å². The first-order valence-corrected chi connectivity index (χ1v) is 7.14. The van der Waals surface area contributed by atoms with Crippen molar-refractivity contribution >= 4 is 17.8 Å². The highest BCUT2D eigenvalue weighted by molar-refractivity contribution is 5.85. The molecule has 0 radical (unpaired) electrons. The monoisotopic (exact) mass is 285 g/mol. The smallest absolute Gasteiger partial charge is 0.326 e. The molecule has 2 unspecified atom stereocenters. The fourth-order valence-electron chi connectivity index (χ4n) is 2.57. The van der Waals surface area contributed by atoms with Gasteiger partial charge in [-0.15, -0.1) is 0 Å². The molecule has 0 aromatic carbocycles. The zero-order valence-corrected chi connectivity index (χ0v) is 12.1. The standard InChI is InChI=1S/C14H23NO5/c1-3-20-12(16)8-7-11(14(18)19)15-13(17)10-6-4-5-9(10)2/h9-11H,3-8H2,1-2H3,(H,15,17)(H,18,19)/t9?,10?,11-/m0/s1. The fourth-order valence-corrected chi connectivity index (χ4v) is 2.57. The molecule has 6 nitrogen and oxygen atoms in total. The van der Waals surface area contributed by atoms with Gasteiger partial charge in [0.1, 0.15) is 6.04 Å². The number of nitrogens with one attached hydrogen (secondary N) is 1. The van der Waals surface area contributed by atoms with E-state index in [-0.39, 0.29) is 37.2 Å². The number of hydrogen-bond acceptors (Lipinski definition) is 4. The van der Waals surface area contributed by atoms with Crippen molar-refractivity contribution in [2.75, 3.05) is 6.61 Å². The van der Waals surface area contributed by atoms with Crippen LogP contribution in [-0.2, 0) is 19.1 Å². The van der Waals surface area contributed by atoms with Gasteiger partial charge in [-0.25, -0.2) is 4.79 Å². The lowest BCUT2D eigenvalue weighted by Crippen LogP contribution is -2.44. The minimum Gasteiger partial charge on any atom is -0.480 e. The summed E-state index contributed by atoms with van der Waals surface area (Å²) in [5.41, 5.74) is 0. The second-order valence-electron chi connectivity index (χ2n) is 5.26. The Morgan fingerprint density at radius 1 is 1.35 bits per heavy atom. The first kappa shape index (κ1) is 16.5. The number of rotatable bonds is 7. The van der Waals surface area contributed by atoms with Crippen LogP contribution in [0.2, 0.25) is 0 Å². The Hall–Kier alpha value is -1.59.